The SMILES string of the molecule is O=c1[nH]c2ccccc2c(=O)n1N=Cc1cc(Cl)c(OCc2ccccc2F)c(Br)c1. The normalized spacial score (nSPS) is 11.3. The standard InChI is InChI=1S/C22H14BrClFN3O3/c23-16-9-13(10-17(24)20(16)31-12-14-5-1-3-7-18(14)25)11-26-28-21(29)15-6-2-4-8-19(15)27-22(28)30/h1-11H,12H2,(H,27,30). The predicted molar refractivity (Wildman–Crippen MR) is 122 cm³/mol. The molecule has 1 aromatic heterocycles. The fourth-order valence-corrected chi connectivity index (χ4v) is 3.93. The first-order valence-corrected chi connectivity index (χ1v) is 10.2. The highest BCUT2D eigenvalue weighted by Gasteiger charge is 2.11. The van der Waals surface area contributed by atoms with Gasteiger partial charge in [0.1, 0.15) is 12.4 Å². The third kappa shape index (κ3) is 4.45. The van der Waals surface area contributed by atoms with Crippen LogP contribution in [0.4, 0.5) is 4.39 Å². The van der Waals surface area contributed by atoms with Gasteiger partial charge in [0.25, 0.3) is 5.56 Å². The molecule has 0 radical (unpaired) electrons. The predicted octanol–water partition coefficient (Wildman–Crippen LogP) is 4.71. The lowest BCUT2D eigenvalue weighted by molar-refractivity contribution is 0.298. The van der Waals surface area contributed by atoms with E-state index in [1.807, 2.05) is 0 Å². The van der Waals surface area contributed by atoms with Gasteiger partial charge in [0.15, 0.2) is 5.75 Å². The molecule has 0 saturated carbocycles. The number of hydrogen-bond acceptors (Lipinski definition) is 4. The van der Waals surface area contributed by atoms with Gasteiger partial charge in [0.2, 0.25) is 0 Å². The fraction of sp³-hybridized carbons (Fsp3) is 0.0455. The number of aromatic nitrogens is 2. The fourth-order valence-electron chi connectivity index (χ4n) is 2.94. The van der Waals surface area contributed by atoms with Crippen molar-refractivity contribution in [2.24, 2.45) is 5.10 Å². The molecular weight excluding hydrogens is 489 g/mol. The van der Waals surface area contributed by atoms with Gasteiger partial charge in [0, 0.05) is 5.56 Å². The molecule has 4 aromatic rings. The Morgan fingerprint density at radius 2 is 1.87 bits per heavy atom. The van der Waals surface area contributed by atoms with E-state index in [0.717, 1.165) is 4.68 Å². The molecule has 0 spiro atoms. The van der Waals surface area contributed by atoms with E-state index in [0.29, 0.717) is 32.3 Å². The second kappa shape index (κ2) is 8.87. The van der Waals surface area contributed by atoms with Crippen LogP contribution in [0.25, 0.3) is 10.9 Å². The summed E-state index contributed by atoms with van der Waals surface area (Å²) in [7, 11) is 0. The van der Waals surface area contributed by atoms with Crippen LogP contribution in [0.3, 0.4) is 0 Å². The van der Waals surface area contributed by atoms with E-state index in [1.54, 1.807) is 54.6 Å². The van der Waals surface area contributed by atoms with Crippen LogP contribution in [0, 0.1) is 5.82 Å². The Bertz CT molecular complexity index is 1410. The number of H-pyrrole nitrogens is 1. The number of nitrogens with one attached hydrogen (secondary N) is 1. The number of halogens is 3. The molecule has 0 fully saturated rings. The van der Waals surface area contributed by atoms with Crippen LogP contribution < -0.4 is 16.0 Å². The van der Waals surface area contributed by atoms with E-state index in [4.69, 9.17) is 16.3 Å². The average molecular weight is 503 g/mol. The number of fused-ring (bicyclic) bond motifs is 1. The lowest BCUT2D eigenvalue weighted by Crippen LogP contribution is -2.32. The number of rotatable bonds is 5. The Morgan fingerprint density at radius 3 is 2.65 bits per heavy atom. The summed E-state index contributed by atoms with van der Waals surface area (Å²) < 4.78 is 20.7. The molecule has 0 atom stereocenters. The molecule has 0 saturated heterocycles. The van der Waals surface area contributed by atoms with Gasteiger partial charge in [-0.05, 0) is 51.8 Å². The zero-order valence-corrected chi connectivity index (χ0v) is 18.2. The van der Waals surface area contributed by atoms with Gasteiger partial charge >= 0.3 is 5.69 Å². The molecule has 1 heterocycles. The highest BCUT2D eigenvalue weighted by Crippen LogP contribution is 2.34. The zero-order chi connectivity index (χ0) is 22.0. The highest BCUT2D eigenvalue weighted by atomic mass is 79.9. The van der Waals surface area contributed by atoms with Gasteiger partial charge in [-0.1, -0.05) is 41.9 Å². The number of hydrogen-bond donors (Lipinski definition) is 1. The highest BCUT2D eigenvalue weighted by molar-refractivity contribution is 9.10. The van der Waals surface area contributed by atoms with Crippen LogP contribution in [0.5, 0.6) is 5.75 Å². The molecule has 0 bridgehead atoms. The summed E-state index contributed by atoms with van der Waals surface area (Å²) in [6.45, 7) is 0.000287. The third-order valence-corrected chi connectivity index (χ3v) is 5.33. The minimum Gasteiger partial charge on any atom is -0.486 e. The number of para-hydroxylation sites is 1. The molecule has 9 heteroatoms. The van der Waals surface area contributed by atoms with E-state index in [-0.39, 0.29) is 17.4 Å². The maximum absolute atomic E-state index is 13.8. The quantitative estimate of drug-likeness (QED) is 0.402. The van der Waals surface area contributed by atoms with Gasteiger partial charge in [-0.3, -0.25) is 4.79 Å². The Kier molecular flexibility index (Phi) is 6.01. The summed E-state index contributed by atoms with van der Waals surface area (Å²) in [6.07, 6.45) is 1.34. The summed E-state index contributed by atoms with van der Waals surface area (Å²) in [4.78, 5) is 27.4. The first-order chi connectivity index (χ1) is 14.9. The second-order valence-electron chi connectivity index (χ2n) is 6.53. The van der Waals surface area contributed by atoms with Crippen molar-refractivity contribution in [3.05, 3.63) is 108 Å². The molecule has 3 aromatic carbocycles. The monoisotopic (exact) mass is 501 g/mol. The van der Waals surface area contributed by atoms with Crippen molar-refractivity contribution in [2.45, 2.75) is 6.61 Å². The van der Waals surface area contributed by atoms with Gasteiger partial charge in [-0.25, -0.2) is 9.18 Å². The molecule has 0 aliphatic carbocycles. The maximum atomic E-state index is 13.8. The zero-order valence-electron chi connectivity index (χ0n) is 15.8. The molecule has 1 N–H and O–H groups in total. The first-order valence-electron chi connectivity index (χ1n) is 9.08. The lowest BCUT2D eigenvalue weighted by atomic mass is 10.2. The Labute approximate surface area is 188 Å². The molecule has 0 aliphatic heterocycles. The van der Waals surface area contributed by atoms with Crippen molar-refractivity contribution in [3.8, 4) is 5.75 Å². The first kappa shape index (κ1) is 21.0. The summed E-state index contributed by atoms with van der Waals surface area (Å²) in [5, 5.41) is 4.61. The Balaban J connectivity index is 1.61. The van der Waals surface area contributed by atoms with Gasteiger partial charge in [-0.15, -0.1) is 4.68 Å². The molecule has 4 rings (SSSR count). The number of ether oxygens (including phenoxy) is 1. The van der Waals surface area contributed by atoms with Crippen molar-refractivity contribution in [1.29, 1.82) is 0 Å². The van der Waals surface area contributed by atoms with E-state index in [2.05, 4.69) is 26.0 Å². The van der Waals surface area contributed by atoms with Gasteiger partial charge < -0.3 is 9.72 Å². The van der Waals surface area contributed by atoms with Gasteiger partial charge in [0.05, 0.1) is 26.6 Å². The summed E-state index contributed by atoms with van der Waals surface area (Å²) in [5.74, 6) is -0.0349. The van der Waals surface area contributed by atoms with Crippen molar-refractivity contribution in [2.75, 3.05) is 0 Å². The molecular formula is C22H14BrClFN3O3. The average Bonchev–Trinajstić information content (AvgIpc) is 2.74. The molecule has 6 nitrogen and oxygen atoms in total. The van der Waals surface area contributed by atoms with E-state index in [9.17, 15) is 14.0 Å². The van der Waals surface area contributed by atoms with Crippen molar-refractivity contribution < 1.29 is 9.13 Å². The lowest BCUT2D eigenvalue weighted by Gasteiger charge is -2.11. The summed E-state index contributed by atoms with van der Waals surface area (Å²) >= 11 is 9.69. The van der Waals surface area contributed by atoms with E-state index in [1.165, 1.54) is 12.3 Å². The van der Waals surface area contributed by atoms with Gasteiger partial charge in [-0.2, -0.15) is 5.10 Å². The molecule has 156 valence electrons. The largest absolute Gasteiger partial charge is 0.486 e. The van der Waals surface area contributed by atoms with Crippen LogP contribution in [0.2, 0.25) is 5.02 Å². The molecule has 0 amide bonds. The minimum absolute atomic E-state index is 0.000287. The van der Waals surface area contributed by atoms with E-state index < -0.39 is 11.2 Å². The summed E-state index contributed by atoms with van der Waals surface area (Å²) in [5.41, 5.74) is 0.159. The molecule has 0 aliphatic rings. The minimum atomic E-state index is -0.657. The van der Waals surface area contributed by atoms with Crippen molar-refractivity contribution >= 4 is 44.6 Å². The van der Waals surface area contributed by atoms with Crippen LogP contribution in [-0.4, -0.2) is 15.9 Å². The van der Waals surface area contributed by atoms with Crippen LogP contribution >= 0.6 is 27.5 Å². The van der Waals surface area contributed by atoms with Crippen LogP contribution in [-0.2, 0) is 6.61 Å². The number of aromatic amines is 1. The Morgan fingerprint density at radius 1 is 1.13 bits per heavy atom. The molecule has 0 unspecified atom stereocenters. The molecule has 31 heavy (non-hydrogen) atoms. The van der Waals surface area contributed by atoms with Crippen LogP contribution in [0.1, 0.15) is 11.1 Å². The van der Waals surface area contributed by atoms with Crippen molar-refractivity contribution in [1.82, 2.24) is 9.66 Å². The Hall–Kier alpha value is -3.23. The van der Waals surface area contributed by atoms with E-state index >= 15 is 0 Å². The summed E-state index contributed by atoms with van der Waals surface area (Å²) in [6, 6.07) is 16.2. The third-order valence-electron chi connectivity index (χ3n) is 4.46. The second-order valence-corrected chi connectivity index (χ2v) is 7.79. The maximum Gasteiger partial charge on any atom is 0.349 e. The topological polar surface area (TPSA) is 76.5 Å². The number of benzene rings is 3. The number of nitrogens with zero attached hydrogens (tertiary/aromatic N) is 2. The smallest absolute Gasteiger partial charge is 0.349 e. The van der Waals surface area contributed by atoms with Crippen molar-refractivity contribution in [3.63, 3.8) is 0 Å². The van der Waals surface area contributed by atoms with Crippen LogP contribution in [0.15, 0.2) is 79.8 Å².